The fraction of sp³-hybridized carbons (Fsp3) is 0.727. The molecule has 0 aromatic carbocycles. The van der Waals surface area contributed by atoms with E-state index in [1.165, 1.54) is 70.6 Å². The minimum Gasteiger partial charge on any atom is -0.457 e. The number of hydrogen-bond acceptors (Lipinski definition) is 9. The first kappa shape index (κ1) is 59.4. The molecular formula is C55H94O9. The second kappa shape index (κ2) is 45.5. The average molecular weight is 899 g/mol. The number of rotatable bonds is 43. The molecule has 1 rings (SSSR count). The number of carbonyl (C=O) groups is 1. The van der Waals surface area contributed by atoms with Crippen LogP contribution in [0.15, 0.2) is 85.1 Å². The average Bonchev–Trinajstić information content (AvgIpc) is 3.30. The number of carbonyl (C=O) groups excluding carboxylic acids is 1. The summed E-state index contributed by atoms with van der Waals surface area (Å²) in [5.41, 5.74) is 0. The van der Waals surface area contributed by atoms with E-state index in [4.69, 9.17) is 18.9 Å². The number of esters is 1. The first-order chi connectivity index (χ1) is 31.4. The third-order valence-corrected chi connectivity index (χ3v) is 11.3. The predicted molar refractivity (Wildman–Crippen MR) is 265 cm³/mol. The summed E-state index contributed by atoms with van der Waals surface area (Å²) >= 11 is 0. The minimum atomic E-state index is -1.54. The van der Waals surface area contributed by atoms with E-state index in [0.29, 0.717) is 13.0 Å². The van der Waals surface area contributed by atoms with Gasteiger partial charge in [0, 0.05) is 13.0 Å². The van der Waals surface area contributed by atoms with Crippen molar-refractivity contribution in [2.24, 2.45) is 0 Å². The smallest absolute Gasteiger partial charge is 0.306 e. The zero-order valence-corrected chi connectivity index (χ0v) is 40.5. The van der Waals surface area contributed by atoms with Crippen molar-refractivity contribution in [1.29, 1.82) is 0 Å². The topological polar surface area (TPSA) is 135 Å². The van der Waals surface area contributed by atoms with Gasteiger partial charge in [-0.3, -0.25) is 4.79 Å². The lowest BCUT2D eigenvalue weighted by Gasteiger charge is -2.39. The van der Waals surface area contributed by atoms with Crippen molar-refractivity contribution in [3.05, 3.63) is 85.1 Å². The van der Waals surface area contributed by atoms with Gasteiger partial charge in [-0.15, -0.1) is 0 Å². The van der Waals surface area contributed by atoms with E-state index in [-0.39, 0.29) is 19.2 Å². The van der Waals surface area contributed by atoms with Crippen molar-refractivity contribution in [1.82, 2.24) is 0 Å². The van der Waals surface area contributed by atoms with Crippen molar-refractivity contribution in [3.8, 4) is 0 Å². The Balaban J connectivity index is 2.21. The fourth-order valence-electron chi connectivity index (χ4n) is 7.31. The molecule has 1 fully saturated rings. The summed E-state index contributed by atoms with van der Waals surface area (Å²) in [7, 11) is 0. The van der Waals surface area contributed by atoms with Crippen LogP contribution >= 0.6 is 0 Å². The molecule has 0 spiro atoms. The third kappa shape index (κ3) is 35.6. The molecule has 6 atom stereocenters. The molecule has 9 heteroatoms. The van der Waals surface area contributed by atoms with Gasteiger partial charge in [0.05, 0.1) is 19.8 Å². The van der Waals surface area contributed by atoms with Crippen LogP contribution in [0.25, 0.3) is 0 Å². The molecule has 6 unspecified atom stereocenters. The van der Waals surface area contributed by atoms with Crippen molar-refractivity contribution in [2.75, 3.05) is 26.4 Å². The quantitative estimate of drug-likeness (QED) is 0.0268. The number of unbranched alkanes of at least 4 members (excludes halogenated alkanes) is 18. The van der Waals surface area contributed by atoms with Crippen LogP contribution in [0.5, 0.6) is 0 Å². The molecule has 0 saturated carbocycles. The predicted octanol–water partition coefficient (Wildman–Crippen LogP) is 12.6. The van der Waals surface area contributed by atoms with E-state index in [0.717, 1.165) is 103 Å². The van der Waals surface area contributed by atoms with E-state index in [9.17, 15) is 25.2 Å². The van der Waals surface area contributed by atoms with Gasteiger partial charge in [0.1, 0.15) is 30.5 Å². The second-order valence-corrected chi connectivity index (χ2v) is 17.2. The molecular weight excluding hydrogens is 805 g/mol. The van der Waals surface area contributed by atoms with Gasteiger partial charge in [0.2, 0.25) is 0 Å². The number of allylic oxidation sites excluding steroid dienone is 14. The molecule has 0 aromatic heterocycles. The summed E-state index contributed by atoms with van der Waals surface area (Å²) < 4.78 is 22.9. The fourth-order valence-corrected chi connectivity index (χ4v) is 7.31. The Morgan fingerprint density at radius 3 is 1.45 bits per heavy atom. The Kier molecular flexibility index (Phi) is 42.2. The maximum Gasteiger partial charge on any atom is 0.306 e. The third-order valence-electron chi connectivity index (χ3n) is 11.3. The van der Waals surface area contributed by atoms with Crippen molar-refractivity contribution in [3.63, 3.8) is 0 Å². The van der Waals surface area contributed by atoms with Gasteiger partial charge in [-0.1, -0.05) is 182 Å². The second-order valence-electron chi connectivity index (χ2n) is 17.2. The van der Waals surface area contributed by atoms with E-state index >= 15 is 0 Å². The highest BCUT2D eigenvalue weighted by Crippen LogP contribution is 2.22. The highest BCUT2D eigenvalue weighted by molar-refractivity contribution is 5.69. The maximum atomic E-state index is 12.8. The molecule has 1 heterocycles. The number of aliphatic hydroxyl groups excluding tert-OH is 4. The van der Waals surface area contributed by atoms with Crippen LogP contribution in [0, 0.1) is 0 Å². The minimum absolute atomic E-state index is 0.126. The summed E-state index contributed by atoms with van der Waals surface area (Å²) in [5, 5.41) is 40.2. The molecule has 0 radical (unpaired) electrons. The Bertz CT molecular complexity index is 1250. The summed E-state index contributed by atoms with van der Waals surface area (Å²) in [6, 6.07) is 0. The van der Waals surface area contributed by atoms with E-state index in [2.05, 4.69) is 98.9 Å². The van der Waals surface area contributed by atoms with Gasteiger partial charge < -0.3 is 39.4 Å². The van der Waals surface area contributed by atoms with Crippen LogP contribution in [-0.2, 0) is 23.7 Å². The highest BCUT2D eigenvalue weighted by atomic mass is 16.7. The van der Waals surface area contributed by atoms with E-state index < -0.39 is 43.4 Å². The normalized spacial score (nSPS) is 20.2. The molecule has 1 aliphatic heterocycles. The molecule has 1 saturated heterocycles. The molecule has 4 N–H and O–H groups in total. The van der Waals surface area contributed by atoms with Crippen LogP contribution < -0.4 is 0 Å². The molecule has 9 nitrogen and oxygen atoms in total. The van der Waals surface area contributed by atoms with Gasteiger partial charge in [-0.25, -0.2) is 0 Å². The summed E-state index contributed by atoms with van der Waals surface area (Å²) in [6.07, 6.45) is 54.7. The highest BCUT2D eigenvalue weighted by Gasteiger charge is 2.44. The molecule has 368 valence electrons. The van der Waals surface area contributed by atoms with Crippen LogP contribution in [-0.4, -0.2) is 89.6 Å². The van der Waals surface area contributed by atoms with Crippen molar-refractivity contribution in [2.45, 2.75) is 230 Å². The zero-order valence-electron chi connectivity index (χ0n) is 40.5. The number of ether oxygens (including phenoxy) is 4. The van der Waals surface area contributed by atoms with E-state index in [1.54, 1.807) is 0 Å². The first-order valence-electron chi connectivity index (χ1n) is 25.7. The van der Waals surface area contributed by atoms with Crippen molar-refractivity contribution >= 4 is 5.97 Å². The first-order valence-corrected chi connectivity index (χ1v) is 25.7. The monoisotopic (exact) mass is 899 g/mol. The Labute approximate surface area is 390 Å². The van der Waals surface area contributed by atoms with Crippen LogP contribution in [0.3, 0.4) is 0 Å². The van der Waals surface area contributed by atoms with Gasteiger partial charge >= 0.3 is 5.97 Å². The molecule has 0 bridgehead atoms. The maximum absolute atomic E-state index is 12.8. The summed E-state index contributed by atoms with van der Waals surface area (Å²) in [4.78, 5) is 12.8. The summed E-state index contributed by atoms with van der Waals surface area (Å²) in [6.45, 7) is 4.40. The largest absolute Gasteiger partial charge is 0.457 e. The van der Waals surface area contributed by atoms with Gasteiger partial charge in [0.15, 0.2) is 6.29 Å². The van der Waals surface area contributed by atoms with Crippen LogP contribution in [0.2, 0.25) is 0 Å². The van der Waals surface area contributed by atoms with Crippen LogP contribution in [0.4, 0.5) is 0 Å². The van der Waals surface area contributed by atoms with Crippen LogP contribution in [0.1, 0.15) is 194 Å². The van der Waals surface area contributed by atoms with Gasteiger partial charge in [-0.2, -0.15) is 0 Å². The molecule has 0 aliphatic carbocycles. The Morgan fingerprint density at radius 2 is 0.953 bits per heavy atom. The molecule has 0 amide bonds. The number of hydrogen-bond donors (Lipinski definition) is 4. The molecule has 0 aromatic rings. The molecule has 64 heavy (non-hydrogen) atoms. The van der Waals surface area contributed by atoms with Gasteiger partial charge in [0.25, 0.3) is 0 Å². The molecule has 1 aliphatic rings. The number of aliphatic hydroxyl groups is 4. The standard InChI is InChI=1S/C55H94O9/c1-3-5-7-9-11-13-15-17-19-20-21-22-23-24-25-26-27-28-29-31-33-35-37-39-41-43-45-61-47-49(48-62-55-54(60)53(59)52(58)50(46-56)64-55)63-51(57)44-42-40-38-36-34-32-30-18-16-14-12-10-8-6-4-2/h5,7,11,13,17-19,21-22,24-25,27-28,30,49-50,52-56,58-60H,3-4,6,8-10,12,14-16,20,23,26,29,31-48H2,1-2H3/b7-5-,13-11-,19-17-,22-21-,25-24-,28-27-,30-18-. The van der Waals surface area contributed by atoms with Gasteiger partial charge in [-0.05, 0) is 89.9 Å². The summed E-state index contributed by atoms with van der Waals surface area (Å²) in [5.74, 6) is -0.329. The Morgan fingerprint density at radius 1 is 0.516 bits per heavy atom. The zero-order chi connectivity index (χ0) is 46.4. The van der Waals surface area contributed by atoms with E-state index in [1.807, 2.05) is 0 Å². The lowest BCUT2D eigenvalue weighted by molar-refractivity contribution is -0.305. The lowest BCUT2D eigenvalue weighted by Crippen LogP contribution is -2.59. The SMILES string of the molecule is CC/C=C\C/C=C\C/C=C\C/C=C\C/C=C\C/C=C\CCCCCCCCCOCC(COC1OC(CO)C(O)C(O)C1O)OC(=O)CCCCCCC/C=C\CCCCCCCC. The van der Waals surface area contributed by atoms with Crippen molar-refractivity contribution < 1.29 is 44.2 Å². The Hall–Kier alpha value is -2.63. The lowest BCUT2D eigenvalue weighted by atomic mass is 9.99.